The van der Waals surface area contributed by atoms with Gasteiger partial charge >= 0.3 is 0 Å². The van der Waals surface area contributed by atoms with E-state index in [0.717, 1.165) is 5.56 Å². The summed E-state index contributed by atoms with van der Waals surface area (Å²) >= 11 is 0. The predicted octanol–water partition coefficient (Wildman–Crippen LogP) is 0.0526. The summed E-state index contributed by atoms with van der Waals surface area (Å²) in [7, 11) is 1.50. The van der Waals surface area contributed by atoms with Crippen LogP contribution in [0.4, 0.5) is 0 Å². The smallest absolute Gasteiger partial charge is 0.290 e. The van der Waals surface area contributed by atoms with Crippen LogP contribution in [0.1, 0.15) is 5.89 Å². The van der Waals surface area contributed by atoms with Crippen LogP contribution in [0.5, 0.6) is 0 Å². The van der Waals surface area contributed by atoms with E-state index in [2.05, 4.69) is 15.5 Å². The lowest BCUT2D eigenvalue weighted by Crippen LogP contribution is -2.36. The summed E-state index contributed by atoms with van der Waals surface area (Å²) in [6.07, 6.45) is 0.344. The van der Waals surface area contributed by atoms with Crippen LogP contribution in [-0.4, -0.2) is 52.8 Å². The van der Waals surface area contributed by atoms with Crippen LogP contribution in [0.15, 0.2) is 34.9 Å². The van der Waals surface area contributed by atoms with Gasteiger partial charge in [0, 0.05) is 32.1 Å². The van der Waals surface area contributed by atoms with Gasteiger partial charge in [-0.15, -0.1) is 0 Å². The zero-order chi connectivity index (χ0) is 17.1. The van der Waals surface area contributed by atoms with Crippen LogP contribution in [-0.2, 0) is 20.8 Å². The van der Waals surface area contributed by atoms with Crippen molar-refractivity contribution in [2.45, 2.75) is 6.42 Å². The van der Waals surface area contributed by atoms with Crippen LogP contribution in [0.25, 0.3) is 11.4 Å². The first-order valence-electron chi connectivity index (χ1n) is 7.51. The molecule has 2 amide bonds. The number of likely N-dealkylation sites (N-methyl/N-ethyl adjacent to an activating group) is 1. The maximum atomic E-state index is 12.0. The maximum Gasteiger partial charge on any atom is 0.290 e. The Morgan fingerprint density at radius 3 is 2.75 bits per heavy atom. The number of ketones is 1. The first-order valence-corrected chi connectivity index (χ1v) is 7.51. The van der Waals surface area contributed by atoms with Crippen LogP contribution in [0.2, 0.25) is 0 Å². The van der Waals surface area contributed by atoms with Crippen molar-refractivity contribution < 1.29 is 18.9 Å². The van der Waals surface area contributed by atoms with E-state index in [1.807, 2.05) is 30.3 Å². The zero-order valence-corrected chi connectivity index (χ0v) is 13.1. The molecule has 0 radical (unpaired) electrons. The molecule has 1 fully saturated rings. The highest BCUT2D eigenvalue weighted by Gasteiger charge is 2.41. The van der Waals surface area contributed by atoms with E-state index in [1.54, 1.807) is 0 Å². The van der Waals surface area contributed by atoms with Gasteiger partial charge in [-0.05, 0) is 0 Å². The lowest BCUT2D eigenvalue weighted by molar-refractivity contribution is -0.142. The van der Waals surface area contributed by atoms with Gasteiger partial charge in [0.25, 0.3) is 5.91 Å². The summed E-state index contributed by atoms with van der Waals surface area (Å²) in [6.45, 7) is 0.360. The molecule has 0 spiro atoms. The third-order valence-electron chi connectivity index (χ3n) is 3.79. The molecule has 2 aromatic rings. The second kappa shape index (κ2) is 6.61. The number of hydrogen-bond acceptors (Lipinski definition) is 6. The minimum Gasteiger partial charge on any atom is -0.355 e. The highest BCUT2D eigenvalue weighted by molar-refractivity contribution is 6.42. The van der Waals surface area contributed by atoms with E-state index in [1.165, 1.54) is 11.9 Å². The normalized spacial score (nSPS) is 17.4. The number of rotatable bonds is 5. The summed E-state index contributed by atoms with van der Waals surface area (Å²) in [4.78, 5) is 40.6. The van der Waals surface area contributed by atoms with Gasteiger partial charge in [0.1, 0.15) is 5.92 Å². The molecule has 8 heteroatoms. The number of carbonyl (C=O) groups excluding carboxylic acids is 3. The fourth-order valence-corrected chi connectivity index (χ4v) is 2.46. The summed E-state index contributed by atoms with van der Waals surface area (Å²) in [5.74, 6) is -1.82. The summed E-state index contributed by atoms with van der Waals surface area (Å²) in [6, 6.07) is 9.39. The molecule has 1 aliphatic heterocycles. The van der Waals surface area contributed by atoms with E-state index >= 15 is 0 Å². The molecule has 8 nitrogen and oxygen atoms in total. The summed E-state index contributed by atoms with van der Waals surface area (Å²) in [5.41, 5.74) is 0.842. The average molecular weight is 328 g/mol. The van der Waals surface area contributed by atoms with Crippen LogP contribution in [0, 0.1) is 5.92 Å². The van der Waals surface area contributed by atoms with Crippen molar-refractivity contribution in [3.8, 4) is 11.4 Å². The molecule has 0 bridgehead atoms. The molecule has 3 rings (SSSR count). The highest BCUT2D eigenvalue weighted by Crippen LogP contribution is 2.15. The van der Waals surface area contributed by atoms with E-state index in [-0.39, 0.29) is 13.1 Å². The van der Waals surface area contributed by atoms with Gasteiger partial charge < -0.3 is 14.7 Å². The Kier molecular flexibility index (Phi) is 4.37. The second-order valence-corrected chi connectivity index (χ2v) is 5.52. The van der Waals surface area contributed by atoms with Crippen molar-refractivity contribution in [1.82, 2.24) is 20.4 Å². The van der Waals surface area contributed by atoms with Gasteiger partial charge in [-0.2, -0.15) is 4.98 Å². The van der Waals surface area contributed by atoms with Crippen LogP contribution >= 0.6 is 0 Å². The standard InChI is InChI=1S/C16H16N4O4/c1-20-9-11(13(21)16(20)23)15(22)17-8-7-12-18-14(19-24-12)10-5-3-2-4-6-10/h2-6,11H,7-9H2,1H3,(H,17,22). The quantitative estimate of drug-likeness (QED) is 0.614. The topological polar surface area (TPSA) is 105 Å². The van der Waals surface area contributed by atoms with E-state index in [0.29, 0.717) is 18.1 Å². The molecule has 1 unspecified atom stereocenters. The molecule has 1 aromatic carbocycles. The van der Waals surface area contributed by atoms with E-state index < -0.39 is 23.5 Å². The van der Waals surface area contributed by atoms with Gasteiger partial charge in [0.15, 0.2) is 0 Å². The second-order valence-electron chi connectivity index (χ2n) is 5.52. The molecule has 1 aliphatic rings. The molecule has 24 heavy (non-hydrogen) atoms. The van der Waals surface area contributed by atoms with Crippen molar-refractivity contribution in [3.05, 3.63) is 36.2 Å². The number of nitrogens with zero attached hydrogens (tertiary/aromatic N) is 3. The van der Waals surface area contributed by atoms with Crippen LogP contribution in [0.3, 0.4) is 0 Å². The third kappa shape index (κ3) is 3.17. The first-order chi connectivity index (χ1) is 11.6. The number of carbonyl (C=O) groups is 3. The van der Waals surface area contributed by atoms with Crippen LogP contribution < -0.4 is 5.32 Å². The molecule has 1 atom stereocenters. The molecular weight excluding hydrogens is 312 g/mol. The minimum absolute atomic E-state index is 0.113. The first kappa shape index (κ1) is 15.9. The largest absolute Gasteiger partial charge is 0.355 e. The molecule has 0 saturated carbocycles. The van der Waals surface area contributed by atoms with Crippen molar-refractivity contribution in [2.75, 3.05) is 20.1 Å². The Morgan fingerprint density at radius 1 is 1.33 bits per heavy atom. The Labute approximate surface area is 137 Å². The Hall–Kier alpha value is -3.03. The molecule has 1 aromatic heterocycles. The lowest BCUT2D eigenvalue weighted by Gasteiger charge is -2.08. The number of aromatic nitrogens is 2. The number of benzene rings is 1. The van der Waals surface area contributed by atoms with Gasteiger partial charge in [-0.3, -0.25) is 14.4 Å². The fraction of sp³-hybridized carbons (Fsp3) is 0.312. The van der Waals surface area contributed by atoms with Gasteiger partial charge in [0.2, 0.25) is 23.4 Å². The number of Topliss-reactive ketones (excluding diaryl/α,β-unsaturated/α-hetero) is 1. The van der Waals surface area contributed by atoms with Crippen molar-refractivity contribution >= 4 is 17.6 Å². The van der Waals surface area contributed by atoms with Gasteiger partial charge in [0.05, 0.1) is 0 Å². The number of likely N-dealkylation sites (tertiary alicyclic amines) is 1. The zero-order valence-electron chi connectivity index (χ0n) is 13.1. The molecule has 1 saturated heterocycles. The molecule has 0 aliphatic carbocycles. The average Bonchev–Trinajstić information content (AvgIpc) is 3.16. The van der Waals surface area contributed by atoms with E-state index in [9.17, 15) is 14.4 Å². The van der Waals surface area contributed by atoms with Gasteiger partial charge in [-0.25, -0.2) is 0 Å². The maximum absolute atomic E-state index is 12.0. The fourth-order valence-electron chi connectivity index (χ4n) is 2.46. The number of hydrogen-bond donors (Lipinski definition) is 1. The molecule has 2 heterocycles. The van der Waals surface area contributed by atoms with Gasteiger partial charge in [-0.1, -0.05) is 35.5 Å². The van der Waals surface area contributed by atoms with Crippen molar-refractivity contribution in [2.24, 2.45) is 5.92 Å². The monoisotopic (exact) mass is 328 g/mol. The Balaban J connectivity index is 1.52. The molecule has 1 N–H and O–H groups in total. The van der Waals surface area contributed by atoms with E-state index in [4.69, 9.17) is 4.52 Å². The van der Waals surface area contributed by atoms with Crippen molar-refractivity contribution in [1.29, 1.82) is 0 Å². The minimum atomic E-state index is -0.940. The Bertz CT molecular complexity index is 771. The summed E-state index contributed by atoms with van der Waals surface area (Å²) in [5, 5.41) is 6.52. The predicted molar refractivity (Wildman–Crippen MR) is 82.6 cm³/mol. The number of nitrogens with one attached hydrogen (secondary N) is 1. The number of amides is 2. The molecule has 124 valence electrons. The summed E-state index contributed by atoms with van der Waals surface area (Å²) < 4.78 is 5.14. The highest BCUT2D eigenvalue weighted by atomic mass is 16.5. The Morgan fingerprint density at radius 2 is 2.08 bits per heavy atom. The lowest BCUT2D eigenvalue weighted by atomic mass is 10.1. The van der Waals surface area contributed by atoms with Crippen molar-refractivity contribution in [3.63, 3.8) is 0 Å². The molecular formula is C16H16N4O4. The SMILES string of the molecule is CN1CC(C(=O)NCCc2nc(-c3ccccc3)no2)C(=O)C1=O. The third-order valence-corrected chi connectivity index (χ3v) is 3.79.